The number of phosphoric acid groups is 1. The van der Waals surface area contributed by atoms with Gasteiger partial charge in [-0.3, -0.25) is 13.8 Å². The summed E-state index contributed by atoms with van der Waals surface area (Å²) in [5.41, 5.74) is 0. The van der Waals surface area contributed by atoms with Gasteiger partial charge in [0.15, 0.2) is 0 Å². The molecule has 8 nitrogen and oxygen atoms in total. The van der Waals surface area contributed by atoms with Crippen LogP contribution in [0.4, 0.5) is 0 Å². The van der Waals surface area contributed by atoms with Gasteiger partial charge in [0, 0.05) is 6.42 Å². The molecule has 0 fully saturated rings. The van der Waals surface area contributed by atoms with Crippen LogP contribution in [0, 0.1) is 0 Å². The van der Waals surface area contributed by atoms with E-state index >= 15 is 0 Å². The van der Waals surface area contributed by atoms with Crippen LogP contribution >= 0.6 is 7.82 Å². The smallest absolute Gasteiger partial charge is 0.387 e. The van der Waals surface area contributed by atoms with Crippen molar-refractivity contribution in [3.8, 4) is 0 Å². The minimum atomic E-state index is -4.34. The van der Waals surface area contributed by atoms with Crippen LogP contribution < -0.4 is 5.32 Å². The van der Waals surface area contributed by atoms with Gasteiger partial charge in [-0.1, -0.05) is 321 Å². The van der Waals surface area contributed by atoms with Crippen molar-refractivity contribution in [1.82, 2.24) is 5.32 Å². The van der Waals surface area contributed by atoms with Crippen LogP contribution in [0.1, 0.15) is 335 Å². The molecule has 0 saturated heterocycles. The number of carbonyl (C=O) groups is 1. The first kappa shape index (κ1) is 71.2. The highest BCUT2D eigenvalue weighted by Crippen LogP contribution is 2.43. The molecule has 0 bridgehead atoms. The summed E-state index contributed by atoms with van der Waals surface area (Å²) < 4.78 is 23.7. The Morgan fingerprint density at radius 3 is 1.03 bits per heavy atom. The standard InChI is InChI=1S/C63H127N2O6P/c1-6-8-10-12-14-16-18-20-22-24-25-26-27-28-29-30-31-32-33-34-35-36-37-38-39-41-43-45-47-49-51-53-55-57-63(67)64-61(60-71-72(68,69)70-59-58-65(3,4)5)62(66)56-54-52-50-48-46-44-42-40-23-21-19-17-15-13-11-9-7-2/h54,56,61-62,66H,6-53,55,57-60H2,1-5H3,(H-,64,67,68,69)/p+1/b56-54+. The molecule has 0 spiro atoms. The van der Waals surface area contributed by atoms with Crippen LogP contribution in [0.3, 0.4) is 0 Å². The molecule has 430 valence electrons. The lowest BCUT2D eigenvalue weighted by Gasteiger charge is -2.25. The van der Waals surface area contributed by atoms with Gasteiger partial charge in [0.2, 0.25) is 5.91 Å². The van der Waals surface area contributed by atoms with E-state index < -0.39 is 20.0 Å². The number of hydrogen-bond acceptors (Lipinski definition) is 5. The third-order valence-corrected chi connectivity index (χ3v) is 16.0. The van der Waals surface area contributed by atoms with Gasteiger partial charge in [-0.15, -0.1) is 0 Å². The molecule has 9 heteroatoms. The van der Waals surface area contributed by atoms with E-state index in [9.17, 15) is 19.4 Å². The van der Waals surface area contributed by atoms with Crippen molar-refractivity contribution in [2.45, 2.75) is 347 Å². The average molecular weight is 1040 g/mol. The van der Waals surface area contributed by atoms with E-state index in [1.807, 2.05) is 27.2 Å². The van der Waals surface area contributed by atoms with Gasteiger partial charge in [-0.05, 0) is 19.3 Å². The van der Waals surface area contributed by atoms with Crippen molar-refractivity contribution >= 4 is 13.7 Å². The van der Waals surface area contributed by atoms with E-state index in [0.717, 1.165) is 32.1 Å². The number of allylic oxidation sites excluding steroid dienone is 1. The minimum absolute atomic E-state index is 0.0652. The SMILES string of the molecule is CCCCCCCCCCCCCCCCC/C=C/C(O)C(COP(=O)(O)OCC[N+](C)(C)C)NC(=O)CCCCCCCCCCCCCCCCCCCCCCCCCCCCCCCCCCC. The van der Waals surface area contributed by atoms with Gasteiger partial charge in [0.1, 0.15) is 13.2 Å². The number of unbranched alkanes of at least 4 members (excludes halogenated alkanes) is 47. The molecule has 0 aromatic rings. The number of nitrogens with one attached hydrogen (secondary N) is 1. The summed E-state index contributed by atoms with van der Waals surface area (Å²) in [5.74, 6) is -0.169. The van der Waals surface area contributed by atoms with Crippen LogP contribution in [0.25, 0.3) is 0 Å². The molecule has 0 radical (unpaired) electrons. The van der Waals surface area contributed by atoms with Crippen molar-refractivity contribution in [2.75, 3.05) is 40.9 Å². The normalized spacial score (nSPS) is 13.8. The maximum Gasteiger partial charge on any atom is 0.472 e. The molecule has 3 atom stereocenters. The second-order valence-corrected chi connectivity index (χ2v) is 25.0. The molecule has 3 N–H and O–H groups in total. The zero-order valence-corrected chi connectivity index (χ0v) is 50.1. The summed E-state index contributed by atoms with van der Waals surface area (Å²) in [7, 11) is 1.59. The maximum atomic E-state index is 13.0. The fourth-order valence-electron chi connectivity index (χ4n) is 9.99. The molecule has 0 aliphatic carbocycles. The molecule has 0 aliphatic heterocycles. The van der Waals surface area contributed by atoms with E-state index in [1.165, 1.54) is 283 Å². The minimum Gasteiger partial charge on any atom is -0.387 e. The summed E-state index contributed by atoms with van der Waals surface area (Å²) in [6.45, 7) is 4.87. The Hall–Kier alpha value is -0.760. The second kappa shape index (κ2) is 55.0. The van der Waals surface area contributed by atoms with Gasteiger partial charge in [0.25, 0.3) is 0 Å². The molecule has 3 unspecified atom stereocenters. The van der Waals surface area contributed by atoms with Gasteiger partial charge < -0.3 is 19.8 Å². The first-order valence-electron chi connectivity index (χ1n) is 32.1. The highest BCUT2D eigenvalue weighted by atomic mass is 31.2. The molecule has 0 heterocycles. The predicted molar refractivity (Wildman–Crippen MR) is 314 cm³/mol. The van der Waals surface area contributed by atoms with Crippen LogP contribution in [-0.4, -0.2) is 73.4 Å². The number of carbonyl (C=O) groups excluding carboxylic acids is 1. The third kappa shape index (κ3) is 57.0. The summed E-state index contributed by atoms with van der Waals surface area (Å²) >= 11 is 0. The summed E-state index contributed by atoms with van der Waals surface area (Å²) in [6.07, 6.45) is 69.2. The van der Waals surface area contributed by atoms with E-state index in [0.29, 0.717) is 17.4 Å². The number of quaternary nitrogens is 1. The van der Waals surface area contributed by atoms with Gasteiger partial charge in [-0.25, -0.2) is 4.57 Å². The lowest BCUT2D eigenvalue weighted by molar-refractivity contribution is -0.870. The first-order chi connectivity index (χ1) is 35.0. The Balaban J connectivity index is 3.98. The highest BCUT2D eigenvalue weighted by Gasteiger charge is 2.28. The van der Waals surface area contributed by atoms with Gasteiger partial charge in [0.05, 0.1) is 39.9 Å². The van der Waals surface area contributed by atoms with Crippen molar-refractivity contribution in [3.05, 3.63) is 12.2 Å². The lowest BCUT2D eigenvalue weighted by atomic mass is 10.0. The molecular formula is C63H128N2O6P+. The summed E-state index contributed by atoms with van der Waals surface area (Å²) in [5, 5.41) is 14.0. The molecule has 0 rings (SSSR count). The lowest BCUT2D eigenvalue weighted by Crippen LogP contribution is -2.45. The molecule has 0 aliphatic rings. The predicted octanol–water partition coefficient (Wildman–Crippen LogP) is 19.8. The van der Waals surface area contributed by atoms with Crippen LogP contribution in [0.15, 0.2) is 12.2 Å². The van der Waals surface area contributed by atoms with Gasteiger partial charge >= 0.3 is 7.82 Å². The van der Waals surface area contributed by atoms with E-state index in [2.05, 4.69) is 19.2 Å². The first-order valence-corrected chi connectivity index (χ1v) is 33.6. The Morgan fingerprint density at radius 2 is 0.736 bits per heavy atom. The zero-order valence-electron chi connectivity index (χ0n) is 49.2. The van der Waals surface area contributed by atoms with Crippen molar-refractivity contribution in [1.29, 1.82) is 0 Å². The molecule has 72 heavy (non-hydrogen) atoms. The monoisotopic (exact) mass is 1040 g/mol. The molecule has 0 aromatic heterocycles. The Morgan fingerprint density at radius 1 is 0.458 bits per heavy atom. The summed E-state index contributed by atoms with van der Waals surface area (Å²) in [4.78, 5) is 23.3. The number of likely N-dealkylation sites (N-methyl/N-ethyl adjacent to an activating group) is 1. The third-order valence-electron chi connectivity index (χ3n) is 15.0. The number of amides is 1. The van der Waals surface area contributed by atoms with Crippen LogP contribution in [-0.2, 0) is 18.4 Å². The number of aliphatic hydroxyl groups is 1. The summed E-state index contributed by atoms with van der Waals surface area (Å²) in [6, 6.07) is -0.842. The number of hydrogen-bond donors (Lipinski definition) is 3. The number of nitrogens with zero attached hydrogens (tertiary/aromatic N) is 1. The van der Waals surface area contributed by atoms with Crippen molar-refractivity contribution in [2.24, 2.45) is 0 Å². The average Bonchev–Trinajstić information content (AvgIpc) is 3.34. The van der Waals surface area contributed by atoms with E-state index in [-0.39, 0.29) is 19.1 Å². The fourth-order valence-corrected chi connectivity index (χ4v) is 10.7. The number of rotatable bonds is 60. The fraction of sp³-hybridized carbons (Fsp3) is 0.952. The molecule has 0 saturated carbocycles. The van der Waals surface area contributed by atoms with E-state index in [1.54, 1.807) is 6.08 Å². The second-order valence-electron chi connectivity index (χ2n) is 23.5. The molecule has 0 aromatic carbocycles. The topological polar surface area (TPSA) is 105 Å². The Kier molecular flexibility index (Phi) is 54.4. The zero-order chi connectivity index (χ0) is 52.7. The van der Waals surface area contributed by atoms with Crippen molar-refractivity contribution < 1.29 is 32.9 Å². The molecular weight excluding hydrogens is 912 g/mol. The number of aliphatic hydroxyl groups excluding tert-OH is 1. The highest BCUT2D eigenvalue weighted by molar-refractivity contribution is 7.47. The largest absolute Gasteiger partial charge is 0.472 e. The van der Waals surface area contributed by atoms with Crippen LogP contribution in [0.2, 0.25) is 0 Å². The Labute approximate surface area is 450 Å². The molecule has 1 amide bonds. The quantitative estimate of drug-likeness (QED) is 0.0243. The Bertz CT molecular complexity index is 1180. The van der Waals surface area contributed by atoms with Crippen LogP contribution in [0.5, 0.6) is 0 Å². The number of phosphoric ester groups is 1. The maximum absolute atomic E-state index is 13.0. The van der Waals surface area contributed by atoms with Crippen molar-refractivity contribution in [3.63, 3.8) is 0 Å². The van der Waals surface area contributed by atoms with E-state index in [4.69, 9.17) is 9.05 Å². The van der Waals surface area contributed by atoms with Gasteiger partial charge in [-0.2, -0.15) is 0 Å².